The molecule has 2 N–H and O–H groups in total. The molecule has 0 spiro atoms. The summed E-state index contributed by atoms with van der Waals surface area (Å²) in [4.78, 5) is 10.1. The van der Waals surface area contributed by atoms with Gasteiger partial charge in [-0.3, -0.25) is 10.1 Å². The molecule has 0 amide bonds. The van der Waals surface area contributed by atoms with Crippen molar-refractivity contribution >= 4 is 27.3 Å². The molecule has 0 saturated carbocycles. The second-order valence-corrected chi connectivity index (χ2v) is 7.09. The Bertz CT molecular complexity index is 657. The first-order valence-electron chi connectivity index (χ1n) is 6.49. The van der Waals surface area contributed by atoms with E-state index in [0.717, 1.165) is 25.5 Å². The van der Waals surface area contributed by atoms with Gasteiger partial charge in [-0.05, 0) is 32.4 Å². The van der Waals surface area contributed by atoms with Gasteiger partial charge in [-0.1, -0.05) is 11.6 Å². The number of nitrogens with zero attached hydrogens (tertiary/aromatic N) is 1. The normalized spacial score (nSPS) is 19.4. The van der Waals surface area contributed by atoms with Crippen molar-refractivity contribution in [1.29, 1.82) is 0 Å². The Morgan fingerprint density at radius 3 is 2.76 bits per heavy atom. The number of benzene rings is 1. The van der Waals surface area contributed by atoms with Crippen LogP contribution in [-0.4, -0.2) is 32.5 Å². The van der Waals surface area contributed by atoms with E-state index in [-0.39, 0.29) is 27.2 Å². The predicted molar refractivity (Wildman–Crippen MR) is 79.1 cm³/mol. The minimum Gasteiger partial charge on any atom is -0.315 e. The maximum atomic E-state index is 12.3. The topological polar surface area (TPSA) is 101 Å². The Hall–Kier alpha value is -1.22. The molecule has 0 unspecified atom stereocenters. The van der Waals surface area contributed by atoms with E-state index in [2.05, 4.69) is 10.0 Å². The van der Waals surface area contributed by atoms with Crippen molar-refractivity contribution in [2.24, 2.45) is 0 Å². The summed E-state index contributed by atoms with van der Waals surface area (Å²) in [5, 5.41) is 14.1. The lowest BCUT2D eigenvalue weighted by atomic mass is 10.1. The fourth-order valence-electron chi connectivity index (χ4n) is 2.22. The molecule has 1 fully saturated rings. The molecule has 1 aliphatic rings. The fourth-order valence-corrected chi connectivity index (χ4v) is 3.82. The molecule has 0 aliphatic carbocycles. The molecule has 1 aliphatic heterocycles. The van der Waals surface area contributed by atoms with Crippen molar-refractivity contribution in [1.82, 2.24) is 10.0 Å². The van der Waals surface area contributed by atoms with E-state index in [9.17, 15) is 18.5 Å². The third kappa shape index (κ3) is 3.70. The number of nitrogens with one attached hydrogen (secondary N) is 2. The van der Waals surface area contributed by atoms with Crippen molar-refractivity contribution in [3.05, 3.63) is 32.8 Å². The first-order chi connectivity index (χ1) is 9.81. The smallest absolute Gasteiger partial charge is 0.275 e. The molecule has 0 radical (unpaired) electrons. The highest BCUT2D eigenvalue weighted by molar-refractivity contribution is 7.89. The highest BCUT2D eigenvalue weighted by Gasteiger charge is 2.25. The molecule has 7 nitrogen and oxygen atoms in total. The minimum absolute atomic E-state index is 0.0614. The van der Waals surface area contributed by atoms with Crippen LogP contribution in [-0.2, 0) is 10.0 Å². The average Bonchev–Trinajstić information content (AvgIpc) is 2.41. The second kappa shape index (κ2) is 6.27. The summed E-state index contributed by atoms with van der Waals surface area (Å²) < 4.78 is 27.2. The van der Waals surface area contributed by atoms with Crippen LogP contribution in [0.4, 0.5) is 5.69 Å². The van der Waals surface area contributed by atoms with E-state index in [0.29, 0.717) is 6.54 Å². The molecule has 9 heteroatoms. The van der Waals surface area contributed by atoms with Gasteiger partial charge in [0.05, 0.1) is 14.8 Å². The van der Waals surface area contributed by atoms with Crippen LogP contribution in [0.25, 0.3) is 0 Å². The largest absolute Gasteiger partial charge is 0.315 e. The first kappa shape index (κ1) is 16.2. The summed E-state index contributed by atoms with van der Waals surface area (Å²) in [5.74, 6) is 0. The fraction of sp³-hybridized carbons (Fsp3) is 0.500. The van der Waals surface area contributed by atoms with Crippen LogP contribution in [0.15, 0.2) is 17.0 Å². The highest BCUT2D eigenvalue weighted by Crippen LogP contribution is 2.29. The van der Waals surface area contributed by atoms with Crippen molar-refractivity contribution in [2.75, 3.05) is 13.1 Å². The SMILES string of the molecule is Cc1c(Cl)cc(S(=O)(=O)N[C@H]2CCCNC2)cc1[N+](=O)[O-]. The van der Waals surface area contributed by atoms with Crippen LogP contribution in [0, 0.1) is 17.0 Å². The Labute approximate surface area is 127 Å². The molecule has 1 saturated heterocycles. The Morgan fingerprint density at radius 2 is 2.19 bits per heavy atom. The van der Waals surface area contributed by atoms with Crippen molar-refractivity contribution in [3.8, 4) is 0 Å². The minimum atomic E-state index is -3.83. The third-order valence-corrected chi connectivity index (χ3v) is 5.31. The van der Waals surface area contributed by atoms with Crippen LogP contribution < -0.4 is 10.0 Å². The molecular formula is C12H16ClN3O4S. The summed E-state index contributed by atoms with van der Waals surface area (Å²) in [6.07, 6.45) is 1.61. The van der Waals surface area contributed by atoms with E-state index >= 15 is 0 Å². The lowest BCUT2D eigenvalue weighted by molar-refractivity contribution is -0.385. The average molecular weight is 334 g/mol. The van der Waals surface area contributed by atoms with Crippen molar-refractivity contribution in [3.63, 3.8) is 0 Å². The van der Waals surface area contributed by atoms with Gasteiger partial charge in [-0.2, -0.15) is 0 Å². The zero-order valence-corrected chi connectivity index (χ0v) is 13.0. The van der Waals surface area contributed by atoms with E-state index in [1.54, 1.807) is 0 Å². The third-order valence-electron chi connectivity index (χ3n) is 3.42. The quantitative estimate of drug-likeness (QED) is 0.643. The Balaban J connectivity index is 2.33. The van der Waals surface area contributed by atoms with Gasteiger partial charge in [-0.25, -0.2) is 13.1 Å². The molecule has 1 heterocycles. The van der Waals surface area contributed by atoms with Crippen LogP contribution >= 0.6 is 11.6 Å². The first-order valence-corrected chi connectivity index (χ1v) is 8.35. The predicted octanol–water partition coefficient (Wildman–Crippen LogP) is 1.59. The van der Waals surface area contributed by atoms with Crippen LogP contribution in [0.1, 0.15) is 18.4 Å². The summed E-state index contributed by atoms with van der Waals surface area (Å²) in [7, 11) is -3.83. The van der Waals surface area contributed by atoms with Gasteiger partial charge < -0.3 is 5.32 Å². The standard InChI is InChI=1S/C12H16ClN3O4S/c1-8-11(13)5-10(6-12(8)16(17)18)21(19,20)15-9-3-2-4-14-7-9/h5-6,9,14-15H,2-4,7H2,1H3/t9-/m0/s1. The van der Waals surface area contributed by atoms with Gasteiger partial charge in [0.2, 0.25) is 10.0 Å². The van der Waals surface area contributed by atoms with Gasteiger partial charge in [0.25, 0.3) is 5.69 Å². The zero-order chi connectivity index (χ0) is 15.6. The molecule has 116 valence electrons. The summed E-state index contributed by atoms with van der Waals surface area (Å²) in [6.45, 7) is 2.89. The van der Waals surface area contributed by atoms with Gasteiger partial charge in [0.1, 0.15) is 0 Å². The highest BCUT2D eigenvalue weighted by atomic mass is 35.5. The number of hydrogen-bond donors (Lipinski definition) is 2. The summed E-state index contributed by atoms with van der Waals surface area (Å²) >= 11 is 5.90. The molecule has 1 aromatic carbocycles. The monoisotopic (exact) mass is 333 g/mol. The molecule has 0 bridgehead atoms. The number of nitro groups is 1. The van der Waals surface area contributed by atoms with Gasteiger partial charge >= 0.3 is 0 Å². The van der Waals surface area contributed by atoms with E-state index in [1.165, 1.54) is 13.0 Å². The summed E-state index contributed by atoms with van der Waals surface area (Å²) in [5.41, 5.74) is -0.0513. The molecular weight excluding hydrogens is 318 g/mol. The lowest BCUT2D eigenvalue weighted by Gasteiger charge is -2.23. The number of sulfonamides is 1. The number of nitro benzene ring substituents is 1. The molecule has 21 heavy (non-hydrogen) atoms. The Kier molecular flexibility index (Phi) is 4.82. The van der Waals surface area contributed by atoms with E-state index in [4.69, 9.17) is 11.6 Å². The number of piperidine rings is 1. The maximum Gasteiger partial charge on any atom is 0.275 e. The van der Waals surface area contributed by atoms with Gasteiger partial charge in [0, 0.05) is 24.2 Å². The van der Waals surface area contributed by atoms with Crippen LogP contribution in [0.2, 0.25) is 5.02 Å². The van der Waals surface area contributed by atoms with E-state index < -0.39 is 14.9 Å². The van der Waals surface area contributed by atoms with Crippen molar-refractivity contribution < 1.29 is 13.3 Å². The lowest BCUT2D eigenvalue weighted by Crippen LogP contribution is -2.45. The number of halogens is 1. The van der Waals surface area contributed by atoms with E-state index in [1.807, 2.05) is 0 Å². The Morgan fingerprint density at radius 1 is 1.48 bits per heavy atom. The van der Waals surface area contributed by atoms with Crippen LogP contribution in [0.3, 0.4) is 0 Å². The molecule has 2 rings (SSSR count). The van der Waals surface area contributed by atoms with Crippen LogP contribution in [0.5, 0.6) is 0 Å². The molecule has 1 aromatic rings. The number of rotatable bonds is 4. The van der Waals surface area contributed by atoms with Gasteiger partial charge in [0.15, 0.2) is 0 Å². The second-order valence-electron chi connectivity index (χ2n) is 4.97. The van der Waals surface area contributed by atoms with Crippen molar-refractivity contribution in [2.45, 2.75) is 30.7 Å². The molecule has 1 atom stereocenters. The van der Waals surface area contributed by atoms with Gasteiger partial charge in [-0.15, -0.1) is 0 Å². The number of hydrogen-bond acceptors (Lipinski definition) is 5. The molecule has 0 aromatic heterocycles. The maximum absolute atomic E-state index is 12.3. The zero-order valence-electron chi connectivity index (χ0n) is 11.4. The summed E-state index contributed by atoms with van der Waals surface area (Å²) in [6, 6.07) is 2.06.